The highest BCUT2D eigenvalue weighted by Crippen LogP contribution is 2.26. The first-order chi connectivity index (χ1) is 11.5. The van der Waals surface area contributed by atoms with Crippen LogP contribution >= 0.6 is 0 Å². The van der Waals surface area contributed by atoms with Crippen LogP contribution in [0.3, 0.4) is 0 Å². The van der Waals surface area contributed by atoms with Gasteiger partial charge in [-0.05, 0) is 32.1 Å². The van der Waals surface area contributed by atoms with E-state index in [1.54, 1.807) is 9.58 Å². The van der Waals surface area contributed by atoms with Gasteiger partial charge in [0.15, 0.2) is 0 Å². The third-order valence-electron chi connectivity index (χ3n) is 4.90. The Hall–Kier alpha value is -2.64. The number of hydrogen-bond acceptors (Lipinski definition) is 5. The van der Waals surface area contributed by atoms with Crippen LogP contribution in [0.15, 0.2) is 4.79 Å². The van der Waals surface area contributed by atoms with Crippen molar-refractivity contribution in [3.8, 4) is 0 Å². The predicted molar refractivity (Wildman–Crippen MR) is 87.6 cm³/mol. The van der Waals surface area contributed by atoms with Crippen LogP contribution in [0.1, 0.15) is 45.8 Å². The minimum atomic E-state index is -0.206. The lowest BCUT2D eigenvalue weighted by Gasteiger charge is -2.28. The standard InChI is InChI=1S/C16H20N6O2/c1-21-13(9-4-2-3-5-11(9)20-21)15(24)22-7-6-10-12(8-22)18-16(17)19-14(10)23/h2-8H2,1H3,(H3,17,18,19,23). The van der Waals surface area contributed by atoms with E-state index in [2.05, 4.69) is 15.1 Å². The number of rotatable bonds is 1. The van der Waals surface area contributed by atoms with E-state index in [9.17, 15) is 9.59 Å². The lowest BCUT2D eigenvalue weighted by Crippen LogP contribution is -2.40. The number of carbonyl (C=O) groups excluding carboxylic acids is 1. The summed E-state index contributed by atoms with van der Waals surface area (Å²) >= 11 is 0. The highest BCUT2D eigenvalue weighted by Gasteiger charge is 2.30. The molecule has 1 aliphatic heterocycles. The molecule has 8 heteroatoms. The molecule has 0 bridgehead atoms. The maximum Gasteiger partial charge on any atom is 0.272 e. The number of nitrogens with one attached hydrogen (secondary N) is 1. The fourth-order valence-electron chi connectivity index (χ4n) is 3.73. The number of nitrogens with zero attached hydrogens (tertiary/aromatic N) is 4. The van der Waals surface area contributed by atoms with E-state index in [1.165, 1.54) is 0 Å². The number of aromatic amines is 1. The van der Waals surface area contributed by atoms with E-state index < -0.39 is 0 Å². The topological polar surface area (TPSA) is 110 Å². The molecule has 0 spiro atoms. The minimum Gasteiger partial charge on any atom is -0.369 e. The van der Waals surface area contributed by atoms with Crippen molar-refractivity contribution >= 4 is 11.9 Å². The Kier molecular flexibility index (Phi) is 3.40. The first-order valence-corrected chi connectivity index (χ1v) is 8.26. The van der Waals surface area contributed by atoms with Gasteiger partial charge in [-0.3, -0.25) is 19.3 Å². The van der Waals surface area contributed by atoms with Crippen molar-refractivity contribution in [2.75, 3.05) is 12.3 Å². The van der Waals surface area contributed by atoms with Gasteiger partial charge in [0, 0.05) is 24.7 Å². The van der Waals surface area contributed by atoms with Crippen molar-refractivity contribution in [3.63, 3.8) is 0 Å². The SMILES string of the molecule is Cn1nc2c(c1C(=O)N1CCc3c(nc(N)[nH]c3=O)C1)CCCC2. The van der Waals surface area contributed by atoms with Crippen LogP contribution in [0, 0.1) is 0 Å². The maximum atomic E-state index is 13.1. The molecule has 0 fully saturated rings. The summed E-state index contributed by atoms with van der Waals surface area (Å²) in [5.41, 5.74) is 9.44. The Balaban J connectivity index is 1.67. The summed E-state index contributed by atoms with van der Waals surface area (Å²) in [6.45, 7) is 0.808. The van der Waals surface area contributed by atoms with Gasteiger partial charge >= 0.3 is 0 Å². The van der Waals surface area contributed by atoms with Gasteiger partial charge in [0.25, 0.3) is 11.5 Å². The van der Waals surface area contributed by atoms with Crippen molar-refractivity contribution in [3.05, 3.63) is 38.6 Å². The number of anilines is 1. The molecule has 2 aliphatic rings. The number of carbonyl (C=O) groups is 1. The third-order valence-corrected chi connectivity index (χ3v) is 4.90. The number of aromatic nitrogens is 4. The van der Waals surface area contributed by atoms with Crippen LogP contribution < -0.4 is 11.3 Å². The first-order valence-electron chi connectivity index (χ1n) is 8.26. The zero-order chi connectivity index (χ0) is 16.8. The normalized spacial score (nSPS) is 16.6. The van der Waals surface area contributed by atoms with Gasteiger partial charge in [-0.15, -0.1) is 0 Å². The molecule has 0 saturated heterocycles. The van der Waals surface area contributed by atoms with Gasteiger partial charge in [0.1, 0.15) is 5.69 Å². The molecule has 0 radical (unpaired) electrons. The Bertz CT molecular complexity index is 881. The number of H-pyrrole nitrogens is 1. The molecule has 0 aromatic carbocycles. The molecule has 0 unspecified atom stereocenters. The minimum absolute atomic E-state index is 0.0422. The number of aryl methyl sites for hydroxylation is 2. The number of nitrogen functional groups attached to an aromatic ring is 1. The van der Waals surface area contributed by atoms with E-state index >= 15 is 0 Å². The van der Waals surface area contributed by atoms with Crippen LogP contribution in [0.5, 0.6) is 0 Å². The van der Waals surface area contributed by atoms with E-state index in [0.29, 0.717) is 36.5 Å². The molecule has 1 aliphatic carbocycles. The average Bonchev–Trinajstić information content (AvgIpc) is 2.89. The summed E-state index contributed by atoms with van der Waals surface area (Å²) in [6, 6.07) is 0. The maximum absolute atomic E-state index is 13.1. The molecule has 3 N–H and O–H groups in total. The average molecular weight is 328 g/mol. The predicted octanol–water partition coefficient (Wildman–Crippen LogP) is 0.163. The van der Waals surface area contributed by atoms with Gasteiger partial charge in [0.05, 0.1) is 17.9 Å². The molecule has 2 aromatic heterocycles. The van der Waals surface area contributed by atoms with Crippen molar-refractivity contribution < 1.29 is 4.79 Å². The van der Waals surface area contributed by atoms with E-state index in [0.717, 1.165) is 36.9 Å². The molecule has 2 aromatic rings. The number of fused-ring (bicyclic) bond motifs is 2. The van der Waals surface area contributed by atoms with Crippen LogP contribution in [0.4, 0.5) is 5.95 Å². The summed E-state index contributed by atoms with van der Waals surface area (Å²) in [4.78, 5) is 33.4. The van der Waals surface area contributed by atoms with Crippen LogP contribution in [0.2, 0.25) is 0 Å². The second kappa shape index (κ2) is 5.47. The van der Waals surface area contributed by atoms with Crippen LogP contribution in [-0.2, 0) is 32.9 Å². The lowest BCUT2D eigenvalue weighted by atomic mass is 9.95. The summed E-state index contributed by atoms with van der Waals surface area (Å²) < 4.78 is 1.70. The largest absolute Gasteiger partial charge is 0.369 e. The second-order valence-corrected chi connectivity index (χ2v) is 6.46. The molecular formula is C16H20N6O2. The lowest BCUT2D eigenvalue weighted by molar-refractivity contribution is 0.0719. The molecule has 0 saturated carbocycles. The van der Waals surface area contributed by atoms with Crippen molar-refractivity contribution in [1.82, 2.24) is 24.6 Å². The van der Waals surface area contributed by atoms with E-state index in [4.69, 9.17) is 5.73 Å². The molecule has 1 amide bonds. The Morgan fingerprint density at radius 1 is 1.17 bits per heavy atom. The Morgan fingerprint density at radius 3 is 2.79 bits per heavy atom. The molecule has 8 nitrogen and oxygen atoms in total. The highest BCUT2D eigenvalue weighted by molar-refractivity contribution is 5.94. The summed E-state index contributed by atoms with van der Waals surface area (Å²) in [7, 11) is 1.82. The van der Waals surface area contributed by atoms with E-state index in [-0.39, 0.29) is 17.4 Å². The summed E-state index contributed by atoms with van der Waals surface area (Å²) in [5, 5.41) is 4.52. The highest BCUT2D eigenvalue weighted by atomic mass is 16.2. The fraction of sp³-hybridized carbons (Fsp3) is 0.500. The molecule has 126 valence electrons. The van der Waals surface area contributed by atoms with Gasteiger partial charge in [-0.25, -0.2) is 4.98 Å². The van der Waals surface area contributed by atoms with Crippen molar-refractivity contribution in [2.24, 2.45) is 7.05 Å². The van der Waals surface area contributed by atoms with Gasteiger partial charge in [-0.2, -0.15) is 5.10 Å². The van der Waals surface area contributed by atoms with Crippen LogP contribution in [-0.4, -0.2) is 37.1 Å². The van der Waals surface area contributed by atoms with Gasteiger partial charge in [0.2, 0.25) is 5.95 Å². The quantitative estimate of drug-likeness (QED) is 0.775. The summed E-state index contributed by atoms with van der Waals surface area (Å²) in [5.74, 6) is 0.0467. The van der Waals surface area contributed by atoms with Crippen LogP contribution in [0.25, 0.3) is 0 Å². The second-order valence-electron chi connectivity index (χ2n) is 6.46. The molecular weight excluding hydrogens is 308 g/mol. The number of amides is 1. The Morgan fingerprint density at radius 2 is 1.96 bits per heavy atom. The zero-order valence-corrected chi connectivity index (χ0v) is 13.6. The molecule has 24 heavy (non-hydrogen) atoms. The zero-order valence-electron chi connectivity index (χ0n) is 13.6. The monoisotopic (exact) mass is 328 g/mol. The molecule has 3 heterocycles. The smallest absolute Gasteiger partial charge is 0.272 e. The van der Waals surface area contributed by atoms with Crippen molar-refractivity contribution in [1.29, 1.82) is 0 Å². The van der Waals surface area contributed by atoms with Crippen molar-refractivity contribution in [2.45, 2.75) is 38.6 Å². The molecule has 0 atom stereocenters. The van der Waals surface area contributed by atoms with Gasteiger partial charge in [-0.1, -0.05) is 0 Å². The Labute approximate surface area is 138 Å². The fourth-order valence-corrected chi connectivity index (χ4v) is 3.73. The summed E-state index contributed by atoms with van der Waals surface area (Å²) in [6.07, 6.45) is 4.55. The van der Waals surface area contributed by atoms with Gasteiger partial charge < -0.3 is 10.6 Å². The van der Waals surface area contributed by atoms with E-state index in [1.807, 2.05) is 7.05 Å². The number of hydrogen-bond donors (Lipinski definition) is 2. The number of nitrogens with two attached hydrogens (primary N) is 1. The molecule has 4 rings (SSSR count). The first kappa shape index (κ1) is 14.9. The third kappa shape index (κ3) is 2.29.